The molecule has 0 aliphatic carbocycles. The number of hydrogen-bond acceptors (Lipinski definition) is 1. The first-order chi connectivity index (χ1) is 9.24. The van der Waals surface area contributed by atoms with Gasteiger partial charge in [0.15, 0.2) is 0 Å². The Kier molecular flexibility index (Phi) is 5.17. The second kappa shape index (κ2) is 7.10. The summed E-state index contributed by atoms with van der Waals surface area (Å²) >= 11 is 0. The fourth-order valence-corrected chi connectivity index (χ4v) is 2.61. The zero-order valence-corrected chi connectivity index (χ0v) is 11.9. The molecular weight excluding hydrogens is 230 g/mol. The first kappa shape index (κ1) is 13.8. The van der Waals surface area contributed by atoms with E-state index in [1.54, 1.807) is 0 Å². The van der Waals surface area contributed by atoms with Gasteiger partial charge in [0, 0.05) is 6.54 Å². The Bertz CT molecular complexity index is 420. The van der Waals surface area contributed by atoms with Gasteiger partial charge < -0.3 is 4.90 Å². The van der Waals surface area contributed by atoms with Gasteiger partial charge in [0.05, 0.1) is 0 Å². The molecule has 0 aromatic heterocycles. The van der Waals surface area contributed by atoms with E-state index in [0.29, 0.717) is 5.92 Å². The summed E-state index contributed by atoms with van der Waals surface area (Å²) in [6.45, 7) is 1.13. The lowest BCUT2D eigenvalue weighted by atomic mass is 9.92. The van der Waals surface area contributed by atoms with Crippen molar-refractivity contribution in [2.75, 3.05) is 20.6 Å². The largest absolute Gasteiger partial charge is 0.309 e. The van der Waals surface area contributed by atoms with Crippen molar-refractivity contribution in [2.45, 2.75) is 12.8 Å². The van der Waals surface area contributed by atoms with Gasteiger partial charge in [0.2, 0.25) is 0 Å². The van der Waals surface area contributed by atoms with Crippen LogP contribution in [0.2, 0.25) is 0 Å². The Labute approximate surface area is 116 Å². The van der Waals surface area contributed by atoms with Crippen LogP contribution in [0.4, 0.5) is 0 Å². The van der Waals surface area contributed by atoms with E-state index in [0.717, 1.165) is 19.4 Å². The highest BCUT2D eigenvalue weighted by molar-refractivity contribution is 5.18. The molecule has 0 N–H and O–H groups in total. The van der Waals surface area contributed by atoms with Gasteiger partial charge in [0.25, 0.3) is 0 Å². The van der Waals surface area contributed by atoms with Crippen LogP contribution in [0.1, 0.15) is 11.1 Å². The zero-order chi connectivity index (χ0) is 13.5. The third kappa shape index (κ3) is 4.88. The van der Waals surface area contributed by atoms with E-state index < -0.39 is 0 Å². The highest BCUT2D eigenvalue weighted by Crippen LogP contribution is 2.15. The topological polar surface area (TPSA) is 3.24 Å². The Hall–Kier alpha value is -1.60. The van der Waals surface area contributed by atoms with Crippen molar-refractivity contribution in [1.82, 2.24) is 4.90 Å². The van der Waals surface area contributed by atoms with E-state index in [2.05, 4.69) is 79.7 Å². The number of benzene rings is 2. The molecule has 1 nitrogen and oxygen atoms in total. The average Bonchev–Trinajstić information content (AvgIpc) is 2.40. The first-order valence-electron chi connectivity index (χ1n) is 6.96. The lowest BCUT2D eigenvalue weighted by Crippen LogP contribution is -2.25. The fourth-order valence-electron chi connectivity index (χ4n) is 2.61. The molecule has 0 radical (unpaired) electrons. The molecule has 0 fully saturated rings. The third-order valence-corrected chi connectivity index (χ3v) is 3.36. The van der Waals surface area contributed by atoms with Gasteiger partial charge in [-0.15, -0.1) is 0 Å². The van der Waals surface area contributed by atoms with E-state index >= 15 is 0 Å². The molecule has 19 heavy (non-hydrogen) atoms. The van der Waals surface area contributed by atoms with Crippen molar-refractivity contribution < 1.29 is 0 Å². The maximum atomic E-state index is 2.29. The fraction of sp³-hybridized carbons (Fsp3) is 0.333. The molecule has 2 aromatic carbocycles. The average molecular weight is 253 g/mol. The molecule has 0 amide bonds. The number of nitrogens with zero attached hydrogens (tertiary/aromatic N) is 1. The van der Waals surface area contributed by atoms with E-state index in [1.807, 2.05) is 0 Å². The van der Waals surface area contributed by atoms with Gasteiger partial charge in [-0.25, -0.2) is 0 Å². The lowest BCUT2D eigenvalue weighted by molar-refractivity contribution is 0.321. The smallest absolute Gasteiger partial charge is 0.000992 e. The Balaban J connectivity index is 2.03. The van der Waals surface area contributed by atoms with Gasteiger partial charge in [-0.05, 0) is 44.0 Å². The summed E-state index contributed by atoms with van der Waals surface area (Å²) in [5, 5.41) is 0. The minimum absolute atomic E-state index is 0.666. The SMILES string of the molecule is CN(C)CC(Cc1ccccc1)Cc1ccccc1. The van der Waals surface area contributed by atoms with Crippen molar-refractivity contribution in [3.63, 3.8) is 0 Å². The molecule has 2 rings (SSSR count). The number of rotatable bonds is 6. The lowest BCUT2D eigenvalue weighted by Gasteiger charge is -2.21. The van der Waals surface area contributed by atoms with Gasteiger partial charge in [-0.3, -0.25) is 0 Å². The van der Waals surface area contributed by atoms with Crippen molar-refractivity contribution in [3.05, 3.63) is 71.8 Å². The molecule has 0 aliphatic heterocycles. The molecule has 0 aliphatic rings. The van der Waals surface area contributed by atoms with Crippen LogP contribution in [0.15, 0.2) is 60.7 Å². The molecule has 1 heteroatoms. The quantitative estimate of drug-likeness (QED) is 0.759. The molecule has 0 bridgehead atoms. The monoisotopic (exact) mass is 253 g/mol. The summed E-state index contributed by atoms with van der Waals surface area (Å²) in [5.41, 5.74) is 2.87. The second-order valence-electron chi connectivity index (χ2n) is 5.51. The van der Waals surface area contributed by atoms with Crippen LogP contribution in [0.5, 0.6) is 0 Å². The summed E-state index contributed by atoms with van der Waals surface area (Å²) in [5.74, 6) is 0.666. The highest BCUT2D eigenvalue weighted by Gasteiger charge is 2.11. The van der Waals surface area contributed by atoms with Crippen LogP contribution in [0, 0.1) is 5.92 Å². The van der Waals surface area contributed by atoms with Crippen molar-refractivity contribution in [2.24, 2.45) is 5.92 Å². The van der Waals surface area contributed by atoms with Crippen molar-refractivity contribution >= 4 is 0 Å². The normalized spacial score (nSPS) is 11.2. The van der Waals surface area contributed by atoms with Crippen LogP contribution in [0.25, 0.3) is 0 Å². The molecule has 2 aromatic rings. The molecule has 100 valence electrons. The second-order valence-corrected chi connectivity index (χ2v) is 5.51. The molecule has 0 atom stereocenters. The van der Waals surface area contributed by atoms with E-state index in [1.165, 1.54) is 11.1 Å². The molecule has 0 unspecified atom stereocenters. The maximum absolute atomic E-state index is 2.29. The van der Waals surface area contributed by atoms with Gasteiger partial charge in [0.1, 0.15) is 0 Å². The van der Waals surface area contributed by atoms with Gasteiger partial charge >= 0.3 is 0 Å². The molecule has 0 heterocycles. The van der Waals surface area contributed by atoms with Crippen molar-refractivity contribution in [3.8, 4) is 0 Å². The Morgan fingerprint density at radius 2 is 1.16 bits per heavy atom. The highest BCUT2D eigenvalue weighted by atomic mass is 15.1. The van der Waals surface area contributed by atoms with Crippen molar-refractivity contribution in [1.29, 1.82) is 0 Å². The molecule has 0 saturated heterocycles. The predicted molar refractivity (Wildman–Crippen MR) is 82.3 cm³/mol. The van der Waals surface area contributed by atoms with Crippen LogP contribution >= 0.6 is 0 Å². The van der Waals surface area contributed by atoms with Crippen LogP contribution < -0.4 is 0 Å². The van der Waals surface area contributed by atoms with E-state index in [9.17, 15) is 0 Å². The minimum Gasteiger partial charge on any atom is -0.309 e. The molecule has 0 saturated carbocycles. The number of hydrogen-bond donors (Lipinski definition) is 0. The summed E-state index contributed by atoms with van der Waals surface area (Å²) in [4.78, 5) is 2.29. The first-order valence-corrected chi connectivity index (χ1v) is 6.96. The predicted octanol–water partition coefficient (Wildman–Crippen LogP) is 3.65. The summed E-state index contributed by atoms with van der Waals surface area (Å²) in [7, 11) is 4.31. The Morgan fingerprint density at radius 1 is 0.737 bits per heavy atom. The van der Waals surface area contributed by atoms with Gasteiger partial charge in [-0.2, -0.15) is 0 Å². The summed E-state index contributed by atoms with van der Waals surface area (Å²) in [6.07, 6.45) is 2.29. The standard InChI is InChI=1S/C18H23N/c1-19(2)15-18(13-16-9-5-3-6-10-16)14-17-11-7-4-8-12-17/h3-12,18H,13-15H2,1-2H3. The Morgan fingerprint density at radius 3 is 1.53 bits per heavy atom. The van der Waals surface area contributed by atoms with E-state index in [-0.39, 0.29) is 0 Å². The van der Waals surface area contributed by atoms with Gasteiger partial charge in [-0.1, -0.05) is 60.7 Å². The molecule has 0 spiro atoms. The minimum atomic E-state index is 0.666. The van der Waals surface area contributed by atoms with Crippen LogP contribution in [-0.4, -0.2) is 25.5 Å². The maximum Gasteiger partial charge on any atom is 0.000992 e. The molecular formula is C18H23N. The van der Waals surface area contributed by atoms with Crippen LogP contribution in [-0.2, 0) is 12.8 Å². The zero-order valence-electron chi connectivity index (χ0n) is 11.9. The third-order valence-electron chi connectivity index (χ3n) is 3.36. The van der Waals surface area contributed by atoms with Crippen LogP contribution in [0.3, 0.4) is 0 Å². The van der Waals surface area contributed by atoms with E-state index in [4.69, 9.17) is 0 Å². The summed E-state index contributed by atoms with van der Waals surface area (Å²) in [6, 6.07) is 21.6. The summed E-state index contributed by atoms with van der Waals surface area (Å²) < 4.78 is 0.